The van der Waals surface area contributed by atoms with Crippen LogP contribution in [0.2, 0.25) is 0 Å². The number of hydrogen-bond donors (Lipinski definition) is 2. The van der Waals surface area contributed by atoms with Crippen LogP contribution in [0.4, 0.5) is 5.69 Å². The number of carbonyl (C=O) groups is 1. The van der Waals surface area contributed by atoms with Crippen molar-refractivity contribution < 1.29 is 4.79 Å². The van der Waals surface area contributed by atoms with E-state index in [2.05, 4.69) is 39.5 Å². The van der Waals surface area contributed by atoms with Gasteiger partial charge in [0.25, 0.3) is 5.91 Å². The predicted molar refractivity (Wildman–Crippen MR) is 97.4 cm³/mol. The number of nitrogens with zero attached hydrogens (tertiary/aromatic N) is 2. The van der Waals surface area contributed by atoms with Crippen LogP contribution in [0.3, 0.4) is 0 Å². The monoisotopic (exact) mass is 322 g/mol. The van der Waals surface area contributed by atoms with Gasteiger partial charge < -0.3 is 10.2 Å². The van der Waals surface area contributed by atoms with E-state index in [4.69, 9.17) is 0 Å². The van der Waals surface area contributed by atoms with Crippen molar-refractivity contribution in [1.82, 2.24) is 15.5 Å². The summed E-state index contributed by atoms with van der Waals surface area (Å²) in [5, 5.41) is 10.8. The van der Waals surface area contributed by atoms with Crippen molar-refractivity contribution in [2.75, 3.05) is 24.5 Å². The molecule has 2 aromatic carbocycles. The van der Waals surface area contributed by atoms with Gasteiger partial charge in [-0.15, -0.1) is 0 Å². The third-order valence-electron chi connectivity index (χ3n) is 4.11. The van der Waals surface area contributed by atoms with Crippen LogP contribution < -0.4 is 10.2 Å². The Balaban J connectivity index is 1.53. The number of aromatic nitrogens is 2. The van der Waals surface area contributed by atoms with Gasteiger partial charge in [-0.2, -0.15) is 5.10 Å². The van der Waals surface area contributed by atoms with E-state index in [1.807, 2.05) is 36.4 Å². The molecule has 0 radical (unpaired) electrons. The highest BCUT2D eigenvalue weighted by molar-refractivity contribution is 6.05. The standard InChI is InChI=1S/C19H22N4O/c1-2-23(16-9-4-3-5-10-16)13-7-12-20-19(24)17-11-6-8-15-14-21-22-18(15)17/h3-6,8-11,14H,2,7,12-13H2,1H3,(H,20,24)(H,21,22). The molecule has 1 heterocycles. The van der Waals surface area contributed by atoms with Crippen LogP contribution in [0.25, 0.3) is 10.9 Å². The summed E-state index contributed by atoms with van der Waals surface area (Å²) in [4.78, 5) is 14.7. The lowest BCUT2D eigenvalue weighted by Gasteiger charge is -2.23. The van der Waals surface area contributed by atoms with Crippen molar-refractivity contribution in [2.45, 2.75) is 13.3 Å². The van der Waals surface area contributed by atoms with Crippen molar-refractivity contribution in [3.63, 3.8) is 0 Å². The Hall–Kier alpha value is -2.82. The maximum atomic E-state index is 12.4. The minimum Gasteiger partial charge on any atom is -0.372 e. The molecule has 3 rings (SSSR count). The first kappa shape index (κ1) is 16.1. The Labute approximate surface area is 141 Å². The smallest absolute Gasteiger partial charge is 0.253 e. The Morgan fingerprint density at radius 2 is 2.00 bits per heavy atom. The summed E-state index contributed by atoms with van der Waals surface area (Å²) in [5.41, 5.74) is 2.64. The quantitative estimate of drug-likeness (QED) is 0.657. The second-order valence-corrected chi connectivity index (χ2v) is 5.66. The van der Waals surface area contributed by atoms with E-state index in [0.717, 1.165) is 30.4 Å². The largest absolute Gasteiger partial charge is 0.372 e. The zero-order chi connectivity index (χ0) is 16.8. The zero-order valence-corrected chi connectivity index (χ0v) is 13.8. The van der Waals surface area contributed by atoms with Gasteiger partial charge in [0.15, 0.2) is 0 Å². The van der Waals surface area contributed by atoms with E-state index in [1.54, 1.807) is 6.20 Å². The molecular formula is C19H22N4O. The molecule has 5 heteroatoms. The van der Waals surface area contributed by atoms with Crippen LogP contribution in [0.1, 0.15) is 23.7 Å². The fourth-order valence-electron chi connectivity index (χ4n) is 2.83. The zero-order valence-electron chi connectivity index (χ0n) is 13.8. The first-order valence-electron chi connectivity index (χ1n) is 8.30. The van der Waals surface area contributed by atoms with Gasteiger partial charge in [-0.05, 0) is 31.5 Å². The van der Waals surface area contributed by atoms with Crippen LogP contribution in [0.15, 0.2) is 54.7 Å². The molecule has 0 aliphatic heterocycles. The number of benzene rings is 2. The first-order valence-corrected chi connectivity index (χ1v) is 8.30. The minimum atomic E-state index is -0.0624. The van der Waals surface area contributed by atoms with Crippen molar-refractivity contribution in [1.29, 1.82) is 0 Å². The third kappa shape index (κ3) is 3.56. The summed E-state index contributed by atoms with van der Waals surface area (Å²) in [6.45, 7) is 4.65. The highest BCUT2D eigenvalue weighted by atomic mass is 16.1. The summed E-state index contributed by atoms with van der Waals surface area (Å²) in [7, 11) is 0. The molecule has 0 aliphatic rings. The predicted octanol–water partition coefficient (Wildman–Crippen LogP) is 3.21. The van der Waals surface area contributed by atoms with Gasteiger partial charge in [0.1, 0.15) is 0 Å². The molecule has 124 valence electrons. The van der Waals surface area contributed by atoms with E-state index >= 15 is 0 Å². The maximum Gasteiger partial charge on any atom is 0.253 e. The summed E-state index contributed by atoms with van der Waals surface area (Å²) < 4.78 is 0. The molecule has 0 aliphatic carbocycles. The molecule has 24 heavy (non-hydrogen) atoms. The highest BCUT2D eigenvalue weighted by Crippen LogP contribution is 2.15. The molecule has 3 aromatic rings. The van der Waals surface area contributed by atoms with Crippen LogP contribution in [0, 0.1) is 0 Å². The maximum absolute atomic E-state index is 12.4. The fraction of sp³-hybridized carbons (Fsp3) is 0.263. The number of hydrogen-bond acceptors (Lipinski definition) is 3. The Bertz CT molecular complexity index is 797. The van der Waals surface area contributed by atoms with Crippen molar-refractivity contribution in [3.8, 4) is 0 Å². The molecule has 0 unspecified atom stereocenters. The van der Waals surface area contributed by atoms with Gasteiger partial charge in [-0.3, -0.25) is 9.89 Å². The molecular weight excluding hydrogens is 300 g/mol. The molecule has 1 aromatic heterocycles. The Morgan fingerprint density at radius 3 is 2.79 bits per heavy atom. The molecule has 0 atom stereocenters. The van der Waals surface area contributed by atoms with Crippen molar-refractivity contribution in [3.05, 3.63) is 60.3 Å². The first-order chi connectivity index (χ1) is 11.8. The lowest BCUT2D eigenvalue weighted by Crippen LogP contribution is -2.30. The number of carbonyl (C=O) groups excluding carboxylic acids is 1. The van der Waals surface area contributed by atoms with Gasteiger partial charge in [-0.1, -0.05) is 30.3 Å². The lowest BCUT2D eigenvalue weighted by molar-refractivity contribution is 0.0955. The molecule has 0 saturated carbocycles. The number of nitrogens with one attached hydrogen (secondary N) is 2. The molecule has 2 N–H and O–H groups in total. The number of amides is 1. The van der Waals surface area contributed by atoms with Crippen LogP contribution in [0.5, 0.6) is 0 Å². The minimum absolute atomic E-state index is 0.0624. The van der Waals surface area contributed by atoms with Gasteiger partial charge in [0, 0.05) is 30.7 Å². The second kappa shape index (κ2) is 7.64. The third-order valence-corrected chi connectivity index (χ3v) is 4.11. The number of aromatic amines is 1. The van der Waals surface area contributed by atoms with Crippen molar-refractivity contribution >= 4 is 22.5 Å². The normalized spacial score (nSPS) is 10.7. The van der Waals surface area contributed by atoms with Gasteiger partial charge in [0.05, 0.1) is 17.3 Å². The number of para-hydroxylation sites is 2. The van der Waals surface area contributed by atoms with E-state index in [9.17, 15) is 4.79 Å². The van der Waals surface area contributed by atoms with Crippen LogP contribution in [-0.4, -0.2) is 35.7 Å². The summed E-state index contributed by atoms with van der Waals surface area (Å²) in [6, 6.07) is 16.0. The summed E-state index contributed by atoms with van der Waals surface area (Å²) >= 11 is 0. The van der Waals surface area contributed by atoms with Crippen molar-refractivity contribution in [2.24, 2.45) is 0 Å². The molecule has 1 amide bonds. The average molecular weight is 322 g/mol. The number of H-pyrrole nitrogens is 1. The van der Waals surface area contributed by atoms with Crippen LogP contribution in [-0.2, 0) is 0 Å². The number of fused-ring (bicyclic) bond motifs is 1. The number of rotatable bonds is 7. The number of anilines is 1. The fourth-order valence-corrected chi connectivity index (χ4v) is 2.83. The molecule has 0 fully saturated rings. The van der Waals surface area contributed by atoms with Gasteiger partial charge >= 0.3 is 0 Å². The van der Waals surface area contributed by atoms with E-state index in [1.165, 1.54) is 5.69 Å². The van der Waals surface area contributed by atoms with E-state index in [-0.39, 0.29) is 5.91 Å². The lowest BCUT2D eigenvalue weighted by atomic mass is 10.1. The van der Waals surface area contributed by atoms with E-state index < -0.39 is 0 Å². The van der Waals surface area contributed by atoms with Crippen LogP contribution >= 0.6 is 0 Å². The summed E-state index contributed by atoms with van der Waals surface area (Å²) in [6.07, 6.45) is 2.62. The molecule has 0 spiro atoms. The molecule has 5 nitrogen and oxygen atoms in total. The van der Waals surface area contributed by atoms with Gasteiger partial charge in [-0.25, -0.2) is 0 Å². The molecule has 0 bridgehead atoms. The van der Waals surface area contributed by atoms with Gasteiger partial charge in [0.2, 0.25) is 0 Å². The SMILES string of the molecule is CCN(CCCNC(=O)c1cccc2cn[nH]c12)c1ccccc1. The average Bonchev–Trinajstić information content (AvgIpc) is 3.11. The Kier molecular flexibility index (Phi) is 5.11. The topological polar surface area (TPSA) is 61.0 Å². The molecule has 0 saturated heterocycles. The summed E-state index contributed by atoms with van der Waals surface area (Å²) in [5.74, 6) is -0.0624. The Morgan fingerprint density at radius 1 is 1.17 bits per heavy atom. The van der Waals surface area contributed by atoms with E-state index in [0.29, 0.717) is 12.1 Å². The highest BCUT2D eigenvalue weighted by Gasteiger charge is 2.11. The second-order valence-electron chi connectivity index (χ2n) is 5.66.